The summed E-state index contributed by atoms with van der Waals surface area (Å²) >= 11 is 0. The van der Waals surface area contributed by atoms with Crippen molar-refractivity contribution in [3.63, 3.8) is 0 Å². The molecule has 1 rings (SSSR count). The van der Waals surface area contributed by atoms with Gasteiger partial charge in [0, 0.05) is 6.04 Å². The summed E-state index contributed by atoms with van der Waals surface area (Å²) in [5.74, 6) is 0.429. The summed E-state index contributed by atoms with van der Waals surface area (Å²) in [4.78, 5) is 11.9. The number of nitrogens with one attached hydrogen (secondary N) is 1. The van der Waals surface area contributed by atoms with Gasteiger partial charge in [0.25, 0.3) is 0 Å². The Kier molecular flexibility index (Phi) is 7.28. The fourth-order valence-electron chi connectivity index (χ4n) is 2.09. The van der Waals surface area contributed by atoms with Crippen molar-refractivity contribution >= 4 is 5.97 Å². The smallest absolute Gasteiger partial charge is 0.312 e. The van der Waals surface area contributed by atoms with E-state index in [1.54, 1.807) is 0 Å². The summed E-state index contributed by atoms with van der Waals surface area (Å²) in [6, 6.07) is 0.127. The maximum atomic E-state index is 11.9. The van der Waals surface area contributed by atoms with Crippen LogP contribution in [0.25, 0.3) is 0 Å². The van der Waals surface area contributed by atoms with Crippen LogP contribution in [0.2, 0.25) is 0 Å². The van der Waals surface area contributed by atoms with Crippen LogP contribution < -0.4 is 5.32 Å². The number of carbonyl (C=O) groups excluding carboxylic acids is 1. The predicted octanol–water partition coefficient (Wildman–Crippen LogP) is 1.98. The van der Waals surface area contributed by atoms with Gasteiger partial charge in [-0.3, -0.25) is 4.79 Å². The van der Waals surface area contributed by atoms with Crippen molar-refractivity contribution in [3.8, 4) is 0 Å². The molecule has 1 N–H and O–H groups in total. The molecule has 2 atom stereocenters. The lowest BCUT2D eigenvalue weighted by molar-refractivity contribution is -0.149. The van der Waals surface area contributed by atoms with Gasteiger partial charge in [-0.1, -0.05) is 20.8 Å². The van der Waals surface area contributed by atoms with E-state index >= 15 is 0 Å². The molecule has 18 heavy (non-hydrogen) atoms. The van der Waals surface area contributed by atoms with Crippen LogP contribution in [-0.4, -0.2) is 38.4 Å². The number of esters is 1. The monoisotopic (exact) mass is 257 g/mol. The standard InChI is InChI=1S/C14H27NO3/c1-4-7-15-13-10-17-9-12(13)14(16)18-8-5-6-11(2)3/h11-13,15H,4-10H2,1-3H3. The Hall–Kier alpha value is -0.610. The van der Waals surface area contributed by atoms with Crippen molar-refractivity contribution in [2.75, 3.05) is 26.4 Å². The third-order valence-corrected chi connectivity index (χ3v) is 3.21. The third kappa shape index (κ3) is 5.36. The molecule has 106 valence electrons. The molecule has 1 heterocycles. The highest BCUT2D eigenvalue weighted by molar-refractivity contribution is 5.73. The van der Waals surface area contributed by atoms with Gasteiger partial charge in [-0.05, 0) is 31.7 Å². The second-order valence-electron chi connectivity index (χ2n) is 5.41. The van der Waals surface area contributed by atoms with Gasteiger partial charge in [-0.25, -0.2) is 0 Å². The van der Waals surface area contributed by atoms with Crippen molar-refractivity contribution in [2.45, 2.75) is 46.1 Å². The quantitative estimate of drug-likeness (QED) is 0.533. The van der Waals surface area contributed by atoms with Crippen LogP contribution in [0, 0.1) is 11.8 Å². The summed E-state index contributed by atoms with van der Waals surface area (Å²) in [6.07, 6.45) is 3.11. The third-order valence-electron chi connectivity index (χ3n) is 3.21. The fourth-order valence-corrected chi connectivity index (χ4v) is 2.09. The van der Waals surface area contributed by atoms with Crippen LogP contribution in [0.1, 0.15) is 40.0 Å². The van der Waals surface area contributed by atoms with Crippen molar-refractivity contribution < 1.29 is 14.3 Å². The minimum atomic E-state index is -0.129. The van der Waals surface area contributed by atoms with Crippen molar-refractivity contribution in [1.82, 2.24) is 5.32 Å². The molecule has 0 saturated carbocycles. The van der Waals surface area contributed by atoms with Crippen molar-refractivity contribution in [1.29, 1.82) is 0 Å². The zero-order chi connectivity index (χ0) is 13.4. The minimum absolute atomic E-state index is 0.107. The Balaban J connectivity index is 2.22. The van der Waals surface area contributed by atoms with Crippen molar-refractivity contribution in [3.05, 3.63) is 0 Å². The van der Waals surface area contributed by atoms with E-state index in [1.807, 2.05) is 0 Å². The van der Waals surface area contributed by atoms with Crippen LogP contribution in [0.5, 0.6) is 0 Å². The highest BCUT2D eigenvalue weighted by atomic mass is 16.5. The summed E-state index contributed by atoms with van der Waals surface area (Å²) in [7, 11) is 0. The van der Waals surface area contributed by atoms with E-state index in [0.717, 1.165) is 25.8 Å². The molecule has 0 aliphatic carbocycles. The highest BCUT2D eigenvalue weighted by Crippen LogP contribution is 2.16. The molecular weight excluding hydrogens is 230 g/mol. The van der Waals surface area contributed by atoms with E-state index in [4.69, 9.17) is 9.47 Å². The molecule has 4 nitrogen and oxygen atoms in total. The second kappa shape index (κ2) is 8.48. The molecule has 0 spiro atoms. The van der Waals surface area contributed by atoms with Gasteiger partial charge in [0.1, 0.15) is 0 Å². The average molecular weight is 257 g/mol. The lowest BCUT2D eigenvalue weighted by atomic mass is 10.0. The number of ether oxygens (including phenoxy) is 2. The predicted molar refractivity (Wildman–Crippen MR) is 71.4 cm³/mol. The Bertz CT molecular complexity index is 243. The van der Waals surface area contributed by atoms with Gasteiger partial charge in [0.05, 0.1) is 25.7 Å². The fraction of sp³-hybridized carbons (Fsp3) is 0.929. The molecule has 1 aliphatic heterocycles. The number of hydrogen-bond acceptors (Lipinski definition) is 4. The van der Waals surface area contributed by atoms with Gasteiger partial charge in [0.2, 0.25) is 0 Å². The molecule has 4 heteroatoms. The largest absolute Gasteiger partial charge is 0.465 e. The molecule has 0 aromatic heterocycles. The SMILES string of the molecule is CCCNC1COCC1C(=O)OCCCC(C)C. The number of hydrogen-bond donors (Lipinski definition) is 1. The zero-order valence-corrected chi connectivity index (χ0v) is 11.9. The summed E-state index contributed by atoms with van der Waals surface area (Å²) < 4.78 is 10.7. The first-order valence-corrected chi connectivity index (χ1v) is 7.13. The van der Waals surface area contributed by atoms with Crippen LogP contribution in [0.3, 0.4) is 0 Å². The Morgan fingerprint density at radius 1 is 1.44 bits per heavy atom. The summed E-state index contributed by atoms with van der Waals surface area (Å²) in [5.41, 5.74) is 0. The molecule has 0 aromatic rings. The van der Waals surface area contributed by atoms with Crippen molar-refractivity contribution in [2.24, 2.45) is 11.8 Å². The zero-order valence-electron chi connectivity index (χ0n) is 11.9. The molecule has 0 aromatic carbocycles. The normalized spacial score (nSPS) is 23.6. The highest BCUT2D eigenvalue weighted by Gasteiger charge is 2.34. The molecule has 1 fully saturated rings. The Morgan fingerprint density at radius 3 is 2.89 bits per heavy atom. The first kappa shape index (κ1) is 15.4. The summed E-state index contributed by atoms with van der Waals surface area (Å²) in [6.45, 7) is 9.03. The van der Waals surface area contributed by atoms with Gasteiger partial charge in [-0.2, -0.15) is 0 Å². The van der Waals surface area contributed by atoms with E-state index in [2.05, 4.69) is 26.1 Å². The Morgan fingerprint density at radius 2 is 2.22 bits per heavy atom. The maximum absolute atomic E-state index is 11.9. The van der Waals surface area contributed by atoms with E-state index in [0.29, 0.717) is 25.7 Å². The van der Waals surface area contributed by atoms with Crippen LogP contribution in [0.4, 0.5) is 0 Å². The lowest BCUT2D eigenvalue weighted by Gasteiger charge is -2.17. The van der Waals surface area contributed by atoms with Gasteiger partial charge < -0.3 is 14.8 Å². The van der Waals surface area contributed by atoms with E-state index < -0.39 is 0 Å². The van der Waals surface area contributed by atoms with Crippen LogP contribution in [-0.2, 0) is 14.3 Å². The van der Waals surface area contributed by atoms with E-state index in [1.165, 1.54) is 0 Å². The maximum Gasteiger partial charge on any atom is 0.312 e. The number of carbonyl (C=O) groups is 1. The molecule has 0 radical (unpaired) electrons. The molecule has 2 unspecified atom stereocenters. The minimum Gasteiger partial charge on any atom is -0.465 e. The van der Waals surface area contributed by atoms with Crippen LogP contribution in [0.15, 0.2) is 0 Å². The van der Waals surface area contributed by atoms with E-state index in [9.17, 15) is 4.79 Å². The van der Waals surface area contributed by atoms with Gasteiger partial charge >= 0.3 is 5.97 Å². The topological polar surface area (TPSA) is 47.6 Å². The van der Waals surface area contributed by atoms with Gasteiger partial charge in [-0.15, -0.1) is 0 Å². The summed E-state index contributed by atoms with van der Waals surface area (Å²) in [5, 5.41) is 3.35. The van der Waals surface area contributed by atoms with Crippen LogP contribution >= 0.6 is 0 Å². The molecule has 0 bridgehead atoms. The van der Waals surface area contributed by atoms with Gasteiger partial charge in [0.15, 0.2) is 0 Å². The Labute approximate surface area is 110 Å². The average Bonchev–Trinajstić information content (AvgIpc) is 2.79. The number of rotatable bonds is 8. The first-order valence-electron chi connectivity index (χ1n) is 7.13. The molecular formula is C14H27NO3. The first-order chi connectivity index (χ1) is 8.65. The lowest BCUT2D eigenvalue weighted by Crippen LogP contribution is -2.40. The molecule has 1 aliphatic rings. The molecule has 0 amide bonds. The second-order valence-corrected chi connectivity index (χ2v) is 5.41. The van der Waals surface area contributed by atoms with E-state index in [-0.39, 0.29) is 17.9 Å². The molecule has 1 saturated heterocycles.